The summed E-state index contributed by atoms with van der Waals surface area (Å²) in [5.74, 6) is 1.11. The Morgan fingerprint density at radius 2 is 2.00 bits per heavy atom. The summed E-state index contributed by atoms with van der Waals surface area (Å²) in [7, 11) is 1.64. The molecule has 164 valence electrons. The number of benzene rings is 2. The number of nitrogens with one attached hydrogen (secondary N) is 1. The van der Waals surface area contributed by atoms with Crippen LogP contribution in [0.3, 0.4) is 0 Å². The summed E-state index contributed by atoms with van der Waals surface area (Å²) in [6.07, 6.45) is 1.84. The maximum Gasteiger partial charge on any atom is 0.258 e. The third-order valence-electron chi connectivity index (χ3n) is 5.69. The number of amides is 1. The Morgan fingerprint density at radius 1 is 1.19 bits per heavy atom. The predicted molar refractivity (Wildman–Crippen MR) is 118 cm³/mol. The molecule has 0 spiro atoms. The molecule has 0 atom stereocenters. The summed E-state index contributed by atoms with van der Waals surface area (Å²) in [6, 6.07) is 9.25. The molecule has 0 radical (unpaired) electrons. The second kappa shape index (κ2) is 8.98. The Kier molecular flexibility index (Phi) is 6.13. The topological polar surface area (TPSA) is 87.7 Å². The van der Waals surface area contributed by atoms with Crippen LogP contribution in [0.15, 0.2) is 30.3 Å². The van der Waals surface area contributed by atoms with Crippen molar-refractivity contribution in [3.05, 3.63) is 52.7 Å². The van der Waals surface area contributed by atoms with Gasteiger partial charge in [-0.2, -0.15) is 5.10 Å². The van der Waals surface area contributed by atoms with E-state index in [4.69, 9.17) is 9.47 Å². The number of phenols is 1. The van der Waals surface area contributed by atoms with Gasteiger partial charge in [-0.05, 0) is 48.1 Å². The number of hydrogen-bond acceptors (Lipinski definition) is 5. The standard InChI is InChI=1S/C24H29N3O4/c1-15(2)4-7-21-19-11-20(23(28)12-22(19)26-25-21)24(29)27-13-16-5-6-18(10-17(16)14-27)31-9-8-30-3/h5-6,10-12,15,28H,4,7-9,13-14H2,1-3H3,(H,25,26). The number of aromatic nitrogens is 2. The first-order valence-electron chi connectivity index (χ1n) is 10.7. The Bertz CT molecular complexity index is 1090. The van der Waals surface area contributed by atoms with Crippen molar-refractivity contribution in [3.63, 3.8) is 0 Å². The van der Waals surface area contributed by atoms with E-state index >= 15 is 0 Å². The van der Waals surface area contributed by atoms with Gasteiger partial charge in [-0.3, -0.25) is 9.89 Å². The Labute approximate surface area is 182 Å². The SMILES string of the molecule is COCCOc1ccc2c(c1)CN(C(=O)c1cc3c(CCC(C)C)n[nH]c3cc1O)C2. The van der Waals surface area contributed by atoms with Gasteiger partial charge >= 0.3 is 0 Å². The highest BCUT2D eigenvalue weighted by molar-refractivity contribution is 6.01. The third kappa shape index (κ3) is 4.51. The molecular weight excluding hydrogens is 394 g/mol. The Balaban J connectivity index is 1.53. The number of carbonyl (C=O) groups is 1. The number of aromatic hydroxyl groups is 1. The minimum Gasteiger partial charge on any atom is -0.507 e. The van der Waals surface area contributed by atoms with Crippen molar-refractivity contribution >= 4 is 16.8 Å². The minimum absolute atomic E-state index is 0.0314. The second-order valence-corrected chi connectivity index (χ2v) is 8.45. The van der Waals surface area contributed by atoms with E-state index in [2.05, 4.69) is 24.0 Å². The van der Waals surface area contributed by atoms with Crippen LogP contribution in [0, 0.1) is 5.92 Å². The van der Waals surface area contributed by atoms with Crippen LogP contribution >= 0.6 is 0 Å². The quantitative estimate of drug-likeness (QED) is 0.534. The van der Waals surface area contributed by atoms with Crippen LogP contribution in [-0.2, 0) is 24.2 Å². The van der Waals surface area contributed by atoms with Crippen LogP contribution in [0.4, 0.5) is 0 Å². The smallest absolute Gasteiger partial charge is 0.258 e. The lowest BCUT2D eigenvalue weighted by molar-refractivity contribution is 0.0748. The maximum atomic E-state index is 13.3. The third-order valence-corrected chi connectivity index (χ3v) is 5.69. The van der Waals surface area contributed by atoms with Gasteiger partial charge in [0.1, 0.15) is 18.1 Å². The molecule has 2 N–H and O–H groups in total. The summed E-state index contributed by atoms with van der Waals surface area (Å²) in [5, 5.41) is 18.8. The van der Waals surface area contributed by atoms with E-state index in [1.807, 2.05) is 18.2 Å². The number of nitrogens with zero attached hydrogens (tertiary/aromatic N) is 2. The average Bonchev–Trinajstić information content (AvgIpc) is 3.34. The molecule has 0 unspecified atom stereocenters. The van der Waals surface area contributed by atoms with Crippen LogP contribution in [0.25, 0.3) is 10.9 Å². The number of hydrogen-bond donors (Lipinski definition) is 2. The molecular formula is C24H29N3O4. The normalized spacial score (nSPS) is 13.2. The number of H-pyrrole nitrogens is 1. The average molecular weight is 424 g/mol. The van der Waals surface area contributed by atoms with E-state index in [1.54, 1.807) is 24.1 Å². The van der Waals surface area contributed by atoms with Crippen molar-refractivity contribution in [1.29, 1.82) is 0 Å². The number of carbonyl (C=O) groups excluding carboxylic acids is 1. The van der Waals surface area contributed by atoms with Gasteiger partial charge in [-0.1, -0.05) is 19.9 Å². The zero-order valence-electron chi connectivity index (χ0n) is 18.3. The highest BCUT2D eigenvalue weighted by atomic mass is 16.5. The molecule has 0 fully saturated rings. The number of aromatic amines is 1. The van der Waals surface area contributed by atoms with Gasteiger partial charge in [-0.25, -0.2) is 0 Å². The number of ether oxygens (including phenoxy) is 2. The lowest BCUT2D eigenvalue weighted by Gasteiger charge is -2.16. The summed E-state index contributed by atoms with van der Waals surface area (Å²) in [4.78, 5) is 15.0. The van der Waals surface area contributed by atoms with Gasteiger partial charge in [0.2, 0.25) is 0 Å². The zero-order chi connectivity index (χ0) is 22.0. The zero-order valence-corrected chi connectivity index (χ0v) is 18.3. The molecule has 7 nitrogen and oxygen atoms in total. The van der Waals surface area contributed by atoms with E-state index in [0.29, 0.717) is 37.8 Å². The fourth-order valence-electron chi connectivity index (χ4n) is 3.91. The molecule has 2 aromatic carbocycles. The second-order valence-electron chi connectivity index (χ2n) is 8.45. The molecule has 0 saturated carbocycles. The van der Waals surface area contributed by atoms with Crippen molar-refractivity contribution in [2.75, 3.05) is 20.3 Å². The first-order chi connectivity index (χ1) is 15.0. The summed E-state index contributed by atoms with van der Waals surface area (Å²) in [6.45, 7) is 6.35. The van der Waals surface area contributed by atoms with Gasteiger partial charge in [-0.15, -0.1) is 0 Å². The van der Waals surface area contributed by atoms with Crippen LogP contribution in [0.1, 0.15) is 47.4 Å². The van der Waals surface area contributed by atoms with Crippen molar-refractivity contribution in [2.24, 2.45) is 5.92 Å². The highest BCUT2D eigenvalue weighted by Crippen LogP contribution is 2.32. The molecule has 0 aliphatic carbocycles. The van der Waals surface area contributed by atoms with Crippen LogP contribution in [0.5, 0.6) is 11.5 Å². The van der Waals surface area contributed by atoms with Crippen LogP contribution in [0.2, 0.25) is 0 Å². The van der Waals surface area contributed by atoms with Gasteiger partial charge in [0, 0.05) is 31.7 Å². The van der Waals surface area contributed by atoms with Crippen LogP contribution < -0.4 is 4.74 Å². The lowest BCUT2D eigenvalue weighted by Crippen LogP contribution is -2.25. The van der Waals surface area contributed by atoms with Gasteiger partial charge < -0.3 is 19.5 Å². The first kappa shape index (κ1) is 21.2. The van der Waals surface area contributed by atoms with Gasteiger partial charge in [0.05, 0.1) is 23.4 Å². The van der Waals surface area contributed by atoms with E-state index in [1.165, 1.54) is 0 Å². The lowest BCUT2D eigenvalue weighted by atomic mass is 10.0. The van der Waals surface area contributed by atoms with E-state index in [0.717, 1.165) is 46.3 Å². The Hall–Kier alpha value is -3.06. The molecule has 31 heavy (non-hydrogen) atoms. The fourth-order valence-corrected chi connectivity index (χ4v) is 3.91. The summed E-state index contributed by atoms with van der Waals surface area (Å²) in [5.41, 5.74) is 4.14. The number of phenolic OH excluding ortho intramolecular Hbond substituents is 1. The van der Waals surface area contributed by atoms with E-state index in [9.17, 15) is 9.90 Å². The molecule has 2 heterocycles. The van der Waals surface area contributed by atoms with Crippen LogP contribution in [-0.4, -0.2) is 46.4 Å². The molecule has 3 aromatic rings. The summed E-state index contributed by atoms with van der Waals surface area (Å²) < 4.78 is 10.7. The predicted octanol–water partition coefficient (Wildman–Crippen LogP) is 4.04. The first-order valence-corrected chi connectivity index (χ1v) is 10.7. The molecule has 1 aliphatic rings. The van der Waals surface area contributed by atoms with Crippen molar-refractivity contribution in [3.8, 4) is 11.5 Å². The maximum absolute atomic E-state index is 13.3. The molecule has 0 bridgehead atoms. The van der Waals surface area contributed by atoms with Gasteiger partial charge in [0.15, 0.2) is 0 Å². The molecule has 7 heteroatoms. The molecule has 1 amide bonds. The number of methoxy groups -OCH3 is 1. The van der Waals surface area contributed by atoms with E-state index < -0.39 is 0 Å². The molecule has 4 rings (SSSR count). The monoisotopic (exact) mass is 423 g/mol. The van der Waals surface area contributed by atoms with Gasteiger partial charge in [0.25, 0.3) is 5.91 Å². The molecule has 1 aromatic heterocycles. The number of rotatable bonds is 8. The summed E-state index contributed by atoms with van der Waals surface area (Å²) >= 11 is 0. The Morgan fingerprint density at radius 3 is 2.77 bits per heavy atom. The molecule has 0 saturated heterocycles. The number of aryl methyl sites for hydroxylation is 1. The minimum atomic E-state index is -0.187. The molecule has 1 aliphatic heterocycles. The van der Waals surface area contributed by atoms with Crippen molar-refractivity contribution in [2.45, 2.75) is 39.8 Å². The number of fused-ring (bicyclic) bond motifs is 2. The fraction of sp³-hybridized carbons (Fsp3) is 0.417. The highest BCUT2D eigenvalue weighted by Gasteiger charge is 2.27. The van der Waals surface area contributed by atoms with E-state index in [-0.39, 0.29) is 11.7 Å². The largest absolute Gasteiger partial charge is 0.507 e. The van der Waals surface area contributed by atoms with Crippen molar-refractivity contribution < 1.29 is 19.4 Å². The van der Waals surface area contributed by atoms with Crippen molar-refractivity contribution in [1.82, 2.24) is 15.1 Å².